The molecule has 1 heterocycles. The second kappa shape index (κ2) is 4.08. The fourth-order valence-corrected chi connectivity index (χ4v) is 1.98. The van der Waals surface area contributed by atoms with Crippen LogP contribution < -0.4 is 0 Å². The lowest BCUT2D eigenvalue weighted by Gasteiger charge is -2.10. The average molecular weight is 235 g/mol. The van der Waals surface area contributed by atoms with Crippen LogP contribution >= 0.6 is 0 Å². The van der Waals surface area contributed by atoms with Crippen LogP contribution in [0, 0.1) is 5.92 Å². The molecule has 2 N–H and O–H groups in total. The highest BCUT2D eigenvalue weighted by Gasteiger charge is 2.36. The first kappa shape index (κ1) is 11.4. The van der Waals surface area contributed by atoms with Crippen molar-refractivity contribution in [3.8, 4) is 11.5 Å². The molecule has 1 fully saturated rings. The Kier molecular flexibility index (Phi) is 2.75. The molecular formula is C12H13NO4. The van der Waals surface area contributed by atoms with Gasteiger partial charge in [-0.15, -0.1) is 0 Å². The van der Waals surface area contributed by atoms with Gasteiger partial charge in [-0.3, -0.25) is 14.5 Å². The summed E-state index contributed by atoms with van der Waals surface area (Å²) < 4.78 is 0. The third kappa shape index (κ3) is 2.08. The van der Waals surface area contributed by atoms with E-state index in [1.165, 1.54) is 19.2 Å². The maximum absolute atomic E-state index is 11.7. The minimum absolute atomic E-state index is 0.0304. The van der Waals surface area contributed by atoms with Gasteiger partial charge in [-0.2, -0.15) is 0 Å². The molecule has 0 radical (unpaired) electrons. The first-order valence-electron chi connectivity index (χ1n) is 5.30. The van der Waals surface area contributed by atoms with E-state index in [0.29, 0.717) is 12.0 Å². The van der Waals surface area contributed by atoms with Crippen molar-refractivity contribution in [3.63, 3.8) is 0 Å². The lowest BCUT2D eigenvalue weighted by molar-refractivity contribution is -0.137. The summed E-state index contributed by atoms with van der Waals surface area (Å²) >= 11 is 0. The predicted octanol–water partition coefficient (Wildman–Crippen LogP) is 0.645. The normalized spacial score (nSPS) is 20.1. The van der Waals surface area contributed by atoms with E-state index in [9.17, 15) is 14.7 Å². The molecule has 2 amide bonds. The van der Waals surface area contributed by atoms with Gasteiger partial charge in [0.05, 0.1) is 5.92 Å². The molecule has 2 rings (SSSR count). The first-order chi connectivity index (χ1) is 7.99. The Labute approximate surface area is 98.3 Å². The molecule has 1 aromatic carbocycles. The maximum Gasteiger partial charge on any atom is 0.232 e. The number of hydrogen-bond donors (Lipinski definition) is 2. The van der Waals surface area contributed by atoms with Gasteiger partial charge in [0.15, 0.2) is 0 Å². The molecule has 17 heavy (non-hydrogen) atoms. The largest absolute Gasteiger partial charge is 0.508 e. The van der Waals surface area contributed by atoms with E-state index < -0.39 is 5.92 Å². The number of likely N-dealkylation sites (tertiary alicyclic amines) is 1. The van der Waals surface area contributed by atoms with Gasteiger partial charge < -0.3 is 10.2 Å². The van der Waals surface area contributed by atoms with Crippen molar-refractivity contribution in [2.45, 2.75) is 12.8 Å². The van der Waals surface area contributed by atoms with Gasteiger partial charge in [-0.25, -0.2) is 0 Å². The van der Waals surface area contributed by atoms with Crippen molar-refractivity contribution in [1.29, 1.82) is 0 Å². The van der Waals surface area contributed by atoms with Crippen molar-refractivity contribution in [2.24, 2.45) is 5.92 Å². The number of carbonyl (C=O) groups excluding carboxylic acids is 2. The molecule has 0 bridgehead atoms. The molecule has 1 aliphatic rings. The summed E-state index contributed by atoms with van der Waals surface area (Å²) in [5, 5.41) is 18.7. The summed E-state index contributed by atoms with van der Waals surface area (Å²) in [4.78, 5) is 24.1. The highest BCUT2D eigenvalue weighted by atomic mass is 16.3. The summed E-state index contributed by atoms with van der Waals surface area (Å²) in [6, 6.07) is 4.22. The fourth-order valence-electron chi connectivity index (χ4n) is 1.98. The smallest absolute Gasteiger partial charge is 0.232 e. The topological polar surface area (TPSA) is 77.8 Å². The van der Waals surface area contributed by atoms with E-state index in [1.807, 2.05) is 0 Å². The van der Waals surface area contributed by atoms with Crippen LogP contribution in [0.3, 0.4) is 0 Å². The molecule has 0 saturated carbocycles. The molecule has 1 aliphatic heterocycles. The molecule has 0 spiro atoms. The summed E-state index contributed by atoms with van der Waals surface area (Å²) in [6.45, 7) is 0. The van der Waals surface area contributed by atoms with Crippen LogP contribution in [0.1, 0.15) is 12.0 Å². The molecule has 1 atom stereocenters. The molecule has 0 aliphatic carbocycles. The van der Waals surface area contributed by atoms with Gasteiger partial charge in [0.1, 0.15) is 11.5 Å². The molecule has 1 aromatic rings. The maximum atomic E-state index is 11.7. The highest BCUT2D eigenvalue weighted by molar-refractivity contribution is 6.03. The SMILES string of the molecule is CN1C(=O)CC(Cc2ccc(O)cc2O)C1=O. The Morgan fingerprint density at radius 1 is 1.35 bits per heavy atom. The molecule has 90 valence electrons. The van der Waals surface area contributed by atoms with Gasteiger partial charge >= 0.3 is 0 Å². The number of aromatic hydroxyl groups is 2. The predicted molar refractivity (Wildman–Crippen MR) is 59.4 cm³/mol. The minimum atomic E-state index is -0.414. The van der Waals surface area contributed by atoms with Crippen LogP contribution in [-0.2, 0) is 16.0 Å². The van der Waals surface area contributed by atoms with Crippen LogP contribution in [0.15, 0.2) is 18.2 Å². The van der Waals surface area contributed by atoms with Crippen molar-refractivity contribution < 1.29 is 19.8 Å². The number of carbonyl (C=O) groups is 2. The molecule has 5 heteroatoms. The van der Waals surface area contributed by atoms with Crippen molar-refractivity contribution in [3.05, 3.63) is 23.8 Å². The zero-order valence-electron chi connectivity index (χ0n) is 9.38. The second-order valence-electron chi connectivity index (χ2n) is 4.21. The monoisotopic (exact) mass is 235 g/mol. The van der Waals surface area contributed by atoms with E-state index >= 15 is 0 Å². The Morgan fingerprint density at radius 3 is 2.59 bits per heavy atom. The second-order valence-corrected chi connectivity index (χ2v) is 4.21. The van der Waals surface area contributed by atoms with Gasteiger partial charge in [-0.1, -0.05) is 6.07 Å². The standard InChI is InChI=1S/C12H13NO4/c1-13-11(16)5-8(12(13)17)4-7-2-3-9(14)6-10(7)15/h2-3,6,8,14-15H,4-5H2,1H3. The summed E-state index contributed by atoms with van der Waals surface area (Å²) in [5.41, 5.74) is 0.559. The van der Waals surface area contributed by atoms with Crippen molar-refractivity contribution >= 4 is 11.8 Å². The Morgan fingerprint density at radius 2 is 2.06 bits per heavy atom. The molecule has 5 nitrogen and oxygen atoms in total. The molecule has 0 aromatic heterocycles. The van der Waals surface area contributed by atoms with Crippen LogP contribution in [0.5, 0.6) is 11.5 Å². The minimum Gasteiger partial charge on any atom is -0.508 e. The summed E-state index contributed by atoms with van der Waals surface area (Å²) in [7, 11) is 1.46. The first-order valence-corrected chi connectivity index (χ1v) is 5.30. The highest BCUT2D eigenvalue weighted by Crippen LogP contribution is 2.28. The lowest BCUT2D eigenvalue weighted by atomic mass is 9.97. The van der Waals surface area contributed by atoms with Gasteiger partial charge in [0.25, 0.3) is 0 Å². The lowest BCUT2D eigenvalue weighted by Crippen LogP contribution is -2.26. The van der Waals surface area contributed by atoms with E-state index in [4.69, 9.17) is 5.11 Å². The number of benzene rings is 1. The number of phenolic OH excluding ortho intramolecular Hbond substituents is 2. The van der Waals surface area contributed by atoms with Crippen molar-refractivity contribution in [1.82, 2.24) is 4.90 Å². The van der Waals surface area contributed by atoms with Crippen molar-refractivity contribution in [2.75, 3.05) is 7.05 Å². The third-order valence-corrected chi connectivity index (χ3v) is 3.01. The zero-order chi connectivity index (χ0) is 12.6. The van der Waals surface area contributed by atoms with E-state index in [1.54, 1.807) is 6.07 Å². The summed E-state index contributed by atoms with van der Waals surface area (Å²) in [6.07, 6.45) is 0.483. The quantitative estimate of drug-likeness (QED) is 0.737. The zero-order valence-corrected chi connectivity index (χ0v) is 9.38. The number of amides is 2. The van der Waals surface area contributed by atoms with Crippen LogP contribution in [0.2, 0.25) is 0 Å². The van der Waals surface area contributed by atoms with Crippen LogP contribution in [0.4, 0.5) is 0 Å². The summed E-state index contributed by atoms with van der Waals surface area (Å²) in [5.74, 6) is -0.916. The number of hydrogen-bond acceptors (Lipinski definition) is 4. The van der Waals surface area contributed by atoms with E-state index in [-0.39, 0.29) is 29.7 Å². The van der Waals surface area contributed by atoms with E-state index in [2.05, 4.69) is 0 Å². The van der Waals surface area contributed by atoms with Gasteiger partial charge in [-0.05, 0) is 18.1 Å². The van der Waals surface area contributed by atoms with E-state index in [0.717, 1.165) is 4.90 Å². The number of rotatable bonds is 2. The average Bonchev–Trinajstić information content (AvgIpc) is 2.50. The molecule has 1 unspecified atom stereocenters. The number of imide groups is 1. The van der Waals surface area contributed by atoms with Crippen LogP contribution in [0.25, 0.3) is 0 Å². The van der Waals surface area contributed by atoms with Gasteiger partial charge in [0.2, 0.25) is 11.8 Å². The fraction of sp³-hybridized carbons (Fsp3) is 0.333. The number of phenols is 2. The Hall–Kier alpha value is -2.04. The van der Waals surface area contributed by atoms with Gasteiger partial charge in [0, 0.05) is 19.5 Å². The van der Waals surface area contributed by atoms with Crippen LogP contribution in [-0.4, -0.2) is 34.0 Å². The molecule has 1 saturated heterocycles. The molecular weight excluding hydrogens is 222 g/mol. The third-order valence-electron chi connectivity index (χ3n) is 3.01. The Bertz CT molecular complexity index is 483. The Balaban J connectivity index is 2.17. The number of nitrogens with zero attached hydrogens (tertiary/aromatic N) is 1.